The van der Waals surface area contributed by atoms with E-state index in [-0.39, 0.29) is 10.7 Å². The van der Waals surface area contributed by atoms with Crippen LogP contribution in [-0.2, 0) is 9.59 Å². The van der Waals surface area contributed by atoms with Crippen LogP contribution in [0, 0.1) is 13.8 Å². The van der Waals surface area contributed by atoms with Crippen molar-refractivity contribution < 1.29 is 9.59 Å². The molecule has 1 aromatic carbocycles. The van der Waals surface area contributed by atoms with Crippen LogP contribution in [0.1, 0.15) is 16.0 Å². The van der Waals surface area contributed by atoms with Gasteiger partial charge in [-0.3, -0.25) is 19.8 Å². The molecule has 1 aromatic heterocycles. The summed E-state index contributed by atoms with van der Waals surface area (Å²) in [7, 11) is 0. The molecular weight excluding hydrogens is 408 g/mol. The van der Waals surface area contributed by atoms with Crippen molar-refractivity contribution in [3.63, 3.8) is 0 Å². The van der Waals surface area contributed by atoms with E-state index in [4.69, 9.17) is 12.2 Å². The summed E-state index contributed by atoms with van der Waals surface area (Å²) in [5.41, 5.74) is 2.75. The van der Waals surface area contributed by atoms with Crippen LogP contribution in [0.2, 0.25) is 0 Å². The molecule has 7 heteroatoms. The van der Waals surface area contributed by atoms with E-state index in [2.05, 4.69) is 21.2 Å². The number of thiophene rings is 1. The average molecular weight is 421 g/mol. The molecule has 0 atom stereocenters. The molecule has 1 aliphatic heterocycles. The van der Waals surface area contributed by atoms with Crippen LogP contribution in [0.4, 0.5) is 5.69 Å². The topological polar surface area (TPSA) is 49.4 Å². The number of carbonyl (C=O) groups is 2. The van der Waals surface area contributed by atoms with Crippen LogP contribution >= 0.6 is 39.5 Å². The second kappa shape index (κ2) is 6.58. The number of nitrogens with zero attached hydrogens (tertiary/aromatic N) is 1. The molecule has 1 saturated heterocycles. The lowest BCUT2D eigenvalue weighted by atomic mass is 10.1. The highest BCUT2D eigenvalue weighted by atomic mass is 79.9. The number of thiocarbonyl (C=S) groups is 1. The number of halogens is 1. The van der Waals surface area contributed by atoms with Crippen molar-refractivity contribution in [2.24, 2.45) is 0 Å². The van der Waals surface area contributed by atoms with E-state index in [1.54, 1.807) is 6.08 Å². The third-order valence-electron chi connectivity index (χ3n) is 3.57. The summed E-state index contributed by atoms with van der Waals surface area (Å²) in [5, 5.41) is 4.59. The minimum absolute atomic E-state index is 0.0675. The zero-order valence-electron chi connectivity index (χ0n) is 12.9. The van der Waals surface area contributed by atoms with Gasteiger partial charge < -0.3 is 0 Å². The second-order valence-corrected chi connectivity index (χ2v) is 7.66. The largest absolute Gasteiger partial charge is 0.298 e. The minimum atomic E-state index is -0.476. The van der Waals surface area contributed by atoms with Gasteiger partial charge in [-0.25, -0.2) is 0 Å². The number of aryl methyl sites for hydroxylation is 2. The van der Waals surface area contributed by atoms with Gasteiger partial charge in [-0.15, -0.1) is 11.3 Å². The van der Waals surface area contributed by atoms with Crippen molar-refractivity contribution in [2.75, 3.05) is 4.90 Å². The molecule has 0 aliphatic carbocycles. The number of nitrogens with one attached hydrogen (secondary N) is 1. The van der Waals surface area contributed by atoms with Crippen molar-refractivity contribution in [1.29, 1.82) is 0 Å². The van der Waals surface area contributed by atoms with E-state index < -0.39 is 11.8 Å². The maximum absolute atomic E-state index is 12.9. The summed E-state index contributed by atoms with van der Waals surface area (Å²) in [5.74, 6) is -0.893. The SMILES string of the molecule is Cc1ccc(N2C(=O)C(=Cc3cc(Br)cs3)C(=O)NC2=S)c(C)c1. The molecule has 0 unspecified atom stereocenters. The quantitative estimate of drug-likeness (QED) is 0.454. The molecule has 4 nitrogen and oxygen atoms in total. The molecule has 1 N–H and O–H groups in total. The van der Waals surface area contributed by atoms with Crippen molar-refractivity contribution in [3.8, 4) is 0 Å². The van der Waals surface area contributed by atoms with Crippen LogP contribution in [0.5, 0.6) is 0 Å². The van der Waals surface area contributed by atoms with Gasteiger partial charge in [0.05, 0.1) is 5.69 Å². The highest BCUT2D eigenvalue weighted by Gasteiger charge is 2.35. The summed E-state index contributed by atoms with van der Waals surface area (Å²) in [6, 6.07) is 7.58. The van der Waals surface area contributed by atoms with Gasteiger partial charge in [-0.1, -0.05) is 17.7 Å². The van der Waals surface area contributed by atoms with Gasteiger partial charge in [0.2, 0.25) is 0 Å². The zero-order chi connectivity index (χ0) is 17.4. The molecular formula is C17H13BrN2O2S2. The zero-order valence-corrected chi connectivity index (χ0v) is 16.1. The van der Waals surface area contributed by atoms with Crippen LogP contribution in [-0.4, -0.2) is 16.9 Å². The summed E-state index contributed by atoms with van der Waals surface area (Å²) in [4.78, 5) is 27.3. The monoisotopic (exact) mass is 420 g/mol. The number of hydrogen-bond donors (Lipinski definition) is 1. The number of carbonyl (C=O) groups excluding carboxylic acids is 2. The predicted octanol–water partition coefficient (Wildman–Crippen LogP) is 3.96. The van der Waals surface area contributed by atoms with Crippen LogP contribution < -0.4 is 10.2 Å². The molecule has 0 spiro atoms. The Kier molecular flexibility index (Phi) is 4.67. The fraction of sp³-hybridized carbons (Fsp3) is 0.118. The van der Waals surface area contributed by atoms with Gasteiger partial charge in [-0.05, 0) is 65.8 Å². The molecule has 0 saturated carbocycles. The molecule has 3 rings (SSSR count). The predicted molar refractivity (Wildman–Crippen MR) is 104 cm³/mol. The van der Waals surface area contributed by atoms with Crippen molar-refractivity contribution in [3.05, 3.63) is 55.7 Å². The number of rotatable bonds is 2. The van der Waals surface area contributed by atoms with E-state index in [1.165, 1.54) is 16.2 Å². The molecule has 0 bridgehead atoms. The molecule has 24 heavy (non-hydrogen) atoms. The lowest BCUT2D eigenvalue weighted by molar-refractivity contribution is -0.122. The highest BCUT2D eigenvalue weighted by Crippen LogP contribution is 2.27. The van der Waals surface area contributed by atoms with Gasteiger partial charge in [-0.2, -0.15) is 0 Å². The molecule has 0 radical (unpaired) electrons. The fourth-order valence-corrected chi connectivity index (χ4v) is 4.13. The Morgan fingerprint density at radius 1 is 1.25 bits per heavy atom. The number of hydrogen-bond acceptors (Lipinski definition) is 4. The molecule has 1 fully saturated rings. The Balaban J connectivity index is 2.04. The van der Waals surface area contributed by atoms with Gasteiger partial charge in [0.15, 0.2) is 5.11 Å². The van der Waals surface area contributed by atoms with Crippen LogP contribution in [0.25, 0.3) is 6.08 Å². The van der Waals surface area contributed by atoms with Crippen molar-refractivity contribution in [2.45, 2.75) is 13.8 Å². The first-order valence-electron chi connectivity index (χ1n) is 7.09. The van der Waals surface area contributed by atoms with E-state index in [9.17, 15) is 9.59 Å². The summed E-state index contributed by atoms with van der Waals surface area (Å²) in [6.07, 6.45) is 1.59. The first kappa shape index (κ1) is 17.0. The maximum Gasteiger partial charge on any atom is 0.270 e. The summed E-state index contributed by atoms with van der Waals surface area (Å²) >= 11 is 10.0. The summed E-state index contributed by atoms with van der Waals surface area (Å²) in [6.45, 7) is 3.89. The number of amides is 2. The molecule has 2 aromatic rings. The Morgan fingerprint density at radius 2 is 2.00 bits per heavy atom. The third-order valence-corrected chi connectivity index (χ3v) is 5.49. The molecule has 122 valence electrons. The van der Waals surface area contributed by atoms with Crippen molar-refractivity contribution in [1.82, 2.24) is 5.32 Å². The molecule has 2 amide bonds. The van der Waals surface area contributed by atoms with E-state index in [0.29, 0.717) is 5.69 Å². The fourth-order valence-electron chi connectivity index (χ4n) is 2.48. The van der Waals surface area contributed by atoms with Gasteiger partial charge >= 0.3 is 0 Å². The smallest absolute Gasteiger partial charge is 0.270 e. The standard InChI is InChI=1S/C17H13BrN2O2S2/c1-9-3-4-14(10(2)5-9)20-16(22)13(15(21)19-17(20)23)7-12-6-11(18)8-24-12/h3-8H,1-2H3,(H,19,21,23). The molecule has 1 aliphatic rings. The lowest BCUT2D eigenvalue weighted by Crippen LogP contribution is -2.54. The van der Waals surface area contributed by atoms with E-state index >= 15 is 0 Å². The highest BCUT2D eigenvalue weighted by molar-refractivity contribution is 9.10. The van der Waals surface area contributed by atoms with Gasteiger partial charge in [0.1, 0.15) is 5.57 Å². The Labute approximate surface area is 157 Å². The third kappa shape index (κ3) is 3.19. The Hall–Kier alpha value is -1.83. The Bertz CT molecular complexity index is 902. The van der Waals surface area contributed by atoms with E-state index in [0.717, 1.165) is 20.5 Å². The van der Waals surface area contributed by atoms with Crippen LogP contribution in [0.3, 0.4) is 0 Å². The van der Waals surface area contributed by atoms with E-state index in [1.807, 2.05) is 43.5 Å². The summed E-state index contributed by atoms with van der Waals surface area (Å²) < 4.78 is 0.907. The lowest BCUT2D eigenvalue weighted by Gasteiger charge is -2.30. The minimum Gasteiger partial charge on any atom is -0.298 e. The van der Waals surface area contributed by atoms with Crippen molar-refractivity contribution >= 4 is 68.2 Å². The second-order valence-electron chi connectivity index (χ2n) is 5.42. The number of anilines is 1. The van der Waals surface area contributed by atoms with Gasteiger partial charge in [0.25, 0.3) is 11.8 Å². The van der Waals surface area contributed by atoms with Crippen LogP contribution in [0.15, 0.2) is 39.7 Å². The number of benzene rings is 1. The maximum atomic E-state index is 12.9. The first-order valence-corrected chi connectivity index (χ1v) is 9.17. The normalized spacial score (nSPS) is 16.7. The Morgan fingerprint density at radius 3 is 2.62 bits per heavy atom. The van der Waals surface area contributed by atoms with Gasteiger partial charge in [0, 0.05) is 14.7 Å². The molecule has 2 heterocycles. The first-order chi connectivity index (χ1) is 11.4. The average Bonchev–Trinajstić information content (AvgIpc) is 2.91.